The van der Waals surface area contributed by atoms with Crippen molar-refractivity contribution < 1.29 is 9.90 Å². The Hall–Kier alpha value is -1.58. The highest BCUT2D eigenvalue weighted by molar-refractivity contribution is 6.15. The maximum absolute atomic E-state index is 10.8. The van der Waals surface area contributed by atoms with Gasteiger partial charge in [0.1, 0.15) is 0 Å². The van der Waals surface area contributed by atoms with E-state index in [0.717, 1.165) is 24.1 Å². The van der Waals surface area contributed by atoms with Crippen LogP contribution >= 0.6 is 0 Å². The van der Waals surface area contributed by atoms with E-state index in [1.54, 1.807) is 17.0 Å². The molecule has 1 heterocycles. The van der Waals surface area contributed by atoms with Gasteiger partial charge in [-0.2, -0.15) is 5.10 Å². The number of carboxylic acids is 1. The van der Waals surface area contributed by atoms with Crippen molar-refractivity contribution in [3.05, 3.63) is 23.5 Å². The first-order chi connectivity index (χ1) is 6.20. The molecule has 0 aliphatic heterocycles. The van der Waals surface area contributed by atoms with Gasteiger partial charge >= 0.3 is 5.97 Å². The Labute approximate surface area is 75.5 Å². The summed E-state index contributed by atoms with van der Waals surface area (Å²) in [4.78, 5) is 10.8. The topological polar surface area (TPSA) is 55.1 Å². The summed E-state index contributed by atoms with van der Waals surface area (Å²) in [7, 11) is 1.84. The Kier molecular flexibility index (Phi) is 1.69. The van der Waals surface area contributed by atoms with E-state index in [1.807, 2.05) is 7.05 Å². The molecule has 0 saturated heterocycles. The quantitative estimate of drug-likeness (QED) is 0.693. The van der Waals surface area contributed by atoms with Crippen LogP contribution in [0, 0.1) is 0 Å². The van der Waals surface area contributed by atoms with E-state index in [0.29, 0.717) is 5.57 Å². The molecule has 13 heavy (non-hydrogen) atoms. The summed E-state index contributed by atoms with van der Waals surface area (Å²) >= 11 is 0. The second kappa shape index (κ2) is 2.73. The monoisotopic (exact) mass is 178 g/mol. The summed E-state index contributed by atoms with van der Waals surface area (Å²) in [5.74, 6) is -0.867. The van der Waals surface area contributed by atoms with Gasteiger partial charge in [0.15, 0.2) is 0 Å². The van der Waals surface area contributed by atoms with Gasteiger partial charge in [0, 0.05) is 18.3 Å². The number of carbonyl (C=O) groups is 1. The highest BCUT2D eigenvalue weighted by Gasteiger charge is 2.20. The lowest BCUT2D eigenvalue weighted by Crippen LogP contribution is -2.08. The number of rotatable bonds is 1. The molecule has 68 valence electrons. The van der Waals surface area contributed by atoms with Crippen molar-refractivity contribution in [2.24, 2.45) is 7.05 Å². The average Bonchev–Trinajstić information content (AvgIpc) is 2.48. The predicted octanol–water partition coefficient (Wildman–Crippen LogP) is 0.834. The van der Waals surface area contributed by atoms with Gasteiger partial charge in [-0.05, 0) is 12.8 Å². The maximum Gasteiger partial charge on any atom is 0.336 e. The van der Waals surface area contributed by atoms with E-state index in [9.17, 15) is 4.79 Å². The summed E-state index contributed by atoms with van der Waals surface area (Å²) in [5.41, 5.74) is 2.16. The zero-order chi connectivity index (χ0) is 9.42. The lowest BCUT2D eigenvalue weighted by atomic mass is 9.97. The highest BCUT2D eigenvalue weighted by Crippen LogP contribution is 2.25. The predicted molar refractivity (Wildman–Crippen MR) is 47.1 cm³/mol. The number of hydrogen-bond donors (Lipinski definition) is 1. The normalized spacial score (nSPS) is 15.0. The number of carboxylic acid groups (broad SMARTS) is 1. The van der Waals surface area contributed by atoms with E-state index in [2.05, 4.69) is 5.10 Å². The highest BCUT2D eigenvalue weighted by atomic mass is 16.4. The van der Waals surface area contributed by atoms with Crippen molar-refractivity contribution in [1.29, 1.82) is 0 Å². The molecule has 0 unspecified atom stereocenters. The first-order valence-electron chi connectivity index (χ1n) is 4.15. The van der Waals surface area contributed by atoms with Crippen LogP contribution in [0.25, 0.3) is 5.57 Å². The van der Waals surface area contributed by atoms with Gasteiger partial charge in [0.25, 0.3) is 0 Å². The lowest BCUT2D eigenvalue weighted by molar-refractivity contribution is -0.130. The van der Waals surface area contributed by atoms with Crippen molar-refractivity contribution in [2.75, 3.05) is 0 Å². The first-order valence-corrected chi connectivity index (χ1v) is 4.15. The van der Waals surface area contributed by atoms with Crippen LogP contribution < -0.4 is 0 Å². The number of nitrogens with zero attached hydrogens (tertiary/aromatic N) is 2. The minimum atomic E-state index is -0.867. The van der Waals surface area contributed by atoms with E-state index >= 15 is 0 Å². The maximum atomic E-state index is 10.8. The number of allylic oxidation sites excluding steroid dienone is 1. The minimum absolute atomic E-state index is 0.384. The third-order valence-corrected chi connectivity index (χ3v) is 2.31. The number of aryl methyl sites for hydroxylation is 1. The van der Waals surface area contributed by atoms with Crippen molar-refractivity contribution in [1.82, 2.24) is 9.78 Å². The number of aliphatic carboxylic acids is 1. The van der Waals surface area contributed by atoms with Crippen molar-refractivity contribution in [2.45, 2.75) is 12.8 Å². The standard InChI is InChI=1S/C9H10N2O2/c1-11-8-4-2-3-6(9(12)13)7(8)5-10-11/h3,5H,2,4H2,1H3,(H,12,13). The molecule has 4 nitrogen and oxygen atoms in total. The Morgan fingerprint density at radius 2 is 2.46 bits per heavy atom. The molecule has 0 fully saturated rings. The third kappa shape index (κ3) is 1.14. The summed E-state index contributed by atoms with van der Waals surface area (Å²) in [6.07, 6.45) is 5.04. The molecule has 1 N–H and O–H groups in total. The van der Waals surface area contributed by atoms with Crippen LogP contribution in [0.1, 0.15) is 17.7 Å². The summed E-state index contributed by atoms with van der Waals surface area (Å²) in [6.45, 7) is 0. The Morgan fingerprint density at radius 1 is 1.69 bits per heavy atom. The van der Waals surface area contributed by atoms with E-state index in [1.165, 1.54) is 0 Å². The first kappa shape index (κ1) is 8.04. The van der Waals surface area contributed by atoms with Crippen LogP contribution in [0.4, 0.5) is 0 Å². The zero-order valence-electron chi connectivity index (χ0n) is 7.32. The summed E-state index contributed by atoms with van der Waals surface area (Å²) < 4.78 is 1.74. The van der Waals surface area contributed by atoms with Crippen LogP contribution in [0.5, 0.6) is 0 Å². The summed E-state index contributed by atoms with van der Waals surface area (Å²) in [6, 6.07) is 0. The Balaban J connectivity index is 2.54. The van der Waals surface area contributed by atoms with Crippen LogP contribution in [-0.2, 0) is 18.3 Å². The van der Waals surface area contributed by atoms with Gasteiger partial charge in [-0.3, -0.25) is 4.68 Å². The van der Waals surface area contributed by atoms with Crippen LogP contribution in [0.2, 0.25) is 0 Å². The molecule has 0 atom stereocenters. The Morgan fingerprint density at radius 3 is 3.15 bits per heavy atom. The molecule has 1 aromatic rings. The lowest BCUT2D eigenvalue weighted by Gasteiger charge is -2.10. The summed E-state index contributed by atoms with van der Waals surface area (Å²) in [5, 5.41) is 12.9. The van der Waals surface area contributed by atoms with Gasteiger partial charge in [0.2, 0.25) is 0 Å². The minimum Gasteiger partial charge on any atom is -0.478 e. The molecule has 4 heteroatoms. The molecule has 1 aromatic heterocycles. The number of aromatic nitrogens is 2. The Bertz CT molecular complexity index is 390. The smallest absolute Gasteiger partial charge is 0.336 e. The van der Waals surface area contributed by atoms with Gasteiger partial charge < -0.3 is 5.11 Å². The fourth-order valence-electron chi connectivity index (χ4n) is 1.65. The second-order valence-corrected chi connectivity index (χ2v) is 3.09. The van der Waals surface area contributed by atoms with E-state index < -0.39 is 5.97 Å². The second-order valence-electron chi connectivity index (χ2n) is 3.09. The largest absolute Gasteiger partial charge is 0.478 e. The molecule has 1 aliphatic rings. The fraction of sp³-hybridized carbons (Fsp3) is 0.333. The number of fused-ring (bicyclic) bond motifs is 1. The van der Waals surface area contributed by atoms with Crippen molar-refractivity contribution in [3.63, 3.8) is 0 Å². The van der Waals surface area contributed by atoms with Crippen LogP contribution in [0.3, 0.4) is 0 Å². The zero-order valence-corrected chi connectivity index (χ0v) is 7.32. The molecule has 0 radical (unpaired) electrons. The molecule has 2 rings (SSSR count). The molecular formula is C9H10N2O2. The van der Waals surface area contributed by atoms with Gasteiger partial charge in [-0.1, -0.05) is 6.08 Å². The molecule has 1 aliphatic carbocycles. The molecule has 0 aromatic carbocycles. The average molecular weight is 178 g/mol. The van der Waals surface area contributed by atoms with Gasteiger partial charge in [0.05, 0.1) is 11.8 Å². The molecular weight excluding hydrogens is 168 g/mol. The van der Waals surface area contributed by atoms with Crippen molar-refractivity contribution in [3.8, 4) is 0 Å². The third-order valence-electron chi connectivity index (χ3n) is 2.31. The van der Waals surface area contributed by atoms with E-state index in [4.69, 9.17) is 5.11 Å². The molecule has 0 saturated carbocycles. The van der Waals surface area contributed by atoms with Gasteiger partial charge in [-0.15, -0.1) is 0 Å². The van der Waals surface area contributed by atoms with Gasteiger partial charge in [-0.25, -0.2) is 4.79 Å². The van der Waals surface area contributed by atoms with E-state index in [-0.39, 0.29) is 0 Å². The van der Waals surface area contributed by atoms with Crippen molar-refractivity contribution >= 4 is 11.5 Å². The molecule has 0 spiro atoms. The van der Waals surface area contributed by atoms with Crippen LogP contribution in [-0.4, -0.2) is 20.9 Å². The fourth-order valence-corrected chi connectivity index (χ4v) is 1.65. The molecule has 0 amide bonds. The van der Waals surface area contributed by atoms with Crippen LogP contribution in [0.15, 0.2) is 12.3 Å². The SMILES string of the molecule is Cn1ncc2c1CCC=C2C(=O)O. The number of hydrogen-bond acceptors (Lipinski definition) is 2. The molecule has 0 bridgehead atoms.